The van der Waals surface area contributed by atoms with E-state index in [1.807, 2.05) is 42.1 Å². The maximum Gasteiger partial charge on any atom is 0.219 e. The van der Waals surface area contributed by atoms with Crippen LogP contribution in [0.2, 0.25) is 0 Å². The van der Waals surface area contributed by atoms with Crippen molar-refractivity contribution in [3.63, 3.8) is 0 Å². The van der Waals surface area contributed by atoms with Crippen molar-refractivity contribution in [3.8, 4) is 0 Å². The average Bonchev–Trinajstić information content (AvgIpc) is 2.69. The molecule has 0 saturated heterocycles. The van der Waals surface area contributed by atoms with Crippen LogP contribution in [0.1, 0.15) is 18.5 Å². The number of benzene rings is 1. The van der Waals surface area contributed by atoms with Gasteiger partial charge in [-0.2, -0.15) is 0 Å². The second-order valence-corrected chi connectivity index (χ2v) is 4.54. The van der Waals surface area contributed by atoms with Crippen molar-refractivity contribution in [3.05, 3.63) is 36.0 Å². The summed E-state index contributed by atoms with van der Waals surface area (Å²) in [5, 5.41) is 10.6. The lowest BCUT2D eigenvalue weighted by Gasteiger charge is -2.25. The summed E-state index contributed by atoms with van der Waals surface area (Å²) in [7, 11) is 3.68. The Labute approximate surface area is 106 Å². The van der Waals surface area contributed by atoms with Gasteiger partial charge in [0.15, 0.2) is 0 Å². The zero-order valence-corrected chi connectivity index (χ0v) is 10.9. The topological polar surface area (TPSA) is 45.5 Å². The number of hydrogen-bond acceptors (Lipinski definition) is 2. The minimum Gasteiger partial charge on any atom is -0.394 e. The molecule has 1 atom stereocenters. The van der Waals surface area contributed by atoms with Crippen molar-refractivity contribution in [2.24, 2.45) is 7.05 Å². The third-order valence-electron chi connectivity index (χ3n) is 3.42. The van der Waals surface area contributed by atoms with Gasteiger partial charge in [0.05, 0.1) is 12.6 Å². The molecule has 1 amide bonds. The number of para-hydroxylation sites is 1. The number of fused-ring (bicyclic) bond motifs is 1. The monoisotopic (exact) mass is 246 g/mol. The fourth-order valence-electron chi connectivity index (χ4n) is 2.29. The molecule has 0 radical (unpaired) electrons. The van der Waals surface area contributed by atoms with Crippen molar-refractivity contribution in [2.75, 3.05) is 13.7 Å². The highest BCUT2D eigenvalue weighted by Gasteiger charge is 2.22. The number of aromatic nitrogens is 1. The Morgan fingerprint density at radius 3 is 2.72 bits per heavy atom. The SMILES string of the molecule is CC(=O)N(C)C(CO)c1cn(C)c2ccccc12. The van der Waals surface area contributed by atoms with Crippen LogP contribution < -0.4 is 0 Å². The van der Waals surface area contributed by atoms with Crippen LogP contribution in [0.3, 0.4) is 0 Å². The van der Waals surface area contributed by atoms with E-state index < -0.39 is 0 Å². The van der Waals surface area contributed by atoms with Gasteiger partial charge in [0, 0.05) is 43.7 Å². The van der Waals surface area contributed by atoms with E-state index in [1.54, 1.807) is 11.9 Å². The van der Waals surface area contributed by atoms with Crippen molar-refractivity contribution in [1.29, 1.82) is 0 Å². The van der Waals surface area contributed by atoms with Crippen LogP contribution in [0, 0.1) is 0 Å². The minimum atomic E-state index is -0.298. The maximum absolute atomic E-state index is 11.5. The molecule has 0 aliphatic rings. The highest BCUT2D eigenvalue weighted by atomic mass is 16.3. The van der Waals surface area contributed by atoms with Crippen LogP contribution in [-0.4, -0.2) is 34.1 Å². The van der Waals surface area contributed by atoms with Crippen LogP contribution in [0.5, 0.6) is 0 Å². The second kappa shape index (κ2) is 4.82. The molecule has 2 rings (SSSR count). The molecule has 0 bridgehead atoms. The number of rotatable bonds is 3. The highest BCUT2D eigenvalue weighted by Crippen LogP contribution is 2.28. The number of aliphatic hydroxyl groups excluding tert-OH is 1. The standard InChI is InChI=1S/C14H18N2O2/c1-10(18)16(3)14(9-17)12-8-15(2)13-7-5-4-6-11(12)13/h4-8,14,17H,9H2,1-3H3. The summed E-state index contributed by atoms with van der Waals surface area (Å²) < 4.78 is 2.02. The molecule has 4 nitrogen and oxygen atoms in total. The average molecular weight is 246 g/mol. The van der Waals surface area contributed by atoms with Gasteiger partial charge in [-0.05, 0) is 6.07 Å². The molecular weight excluding hydrogens is 228 g/mol. The van der Waals surface area contributed by atoms with Crippen LogP contribution >= 0.6 is 0 Å². The molecule has 18 heavy (non-hydrogen) atoms. The quantitative estimate of drug-likeness (QED) is 0.895. The van der Waals surface area contributed by atoms with Gasteiger partial charge in [-0.3, -0.25) is 4.79 Å². The van der Waals surface area contributed by atoms with Crippen LogP contribution in [0.25, 0.3) is 10.9 Å². The summed E-state index contributed by atoms with van der Waals surface area (Å²) in [4.78, 5) is 13.0. The number of carbonyl (C=O) groups is 1. The fourth-order valence-corrected chi connectivity index (χ4v) is 2.29. The van der Waals surface area contributed by atoms with Gasteiger partial charge in [-0.1, -0.05) is 18.2 Å². The Morgan fingerprint density at radius 2 is 2.11 bits per heavy atom. The third kappa shape index (κ3) is 1.99. The van der Waals surface area contributed by atoms with Crippen molar-refractivity contribution < 1.29 is 9.90 Å². The minimum absolute atomic E-state index is 0.0537. The first-order chi connectivity index (χ1) is 8.56. The van der Waals surface area contributed by atoms with E-state index >= 15 is 0 Å². The smallest absolute Gasteiger partial charge is 0.219 e. The predicted octanol–water partition coefficient (Wildman–Crippen LogP) is 1.69. The van der Waals surface area contributed by atoms with Crippen LogP contribution in [-0.2, 0) is 11.8 Å². The summed E-state index contributed by atoms with van der Waals surface area (Å²) in [6.45, 7) is 1.43. The lowest BCUT2D eigenvalue weighted by Crippen LogP contribution is -2.31. The van der Waals surface area contributed by atoms with Gasteiger partial charge in [0.1, 0.15) is 0 Å². The zero-order valence-electron chi connectivity index (χ0n) is 10.9. The molecular formula is C14H18N2O2. The molecule has 1 aromatic carbocycles. The number of hydrogen-bond donors (Lipinski definition) is 1. The molecule has 0 spiro atoms. The lowest BCUT2D eigenvalue weighted by atomic mass is 10.1. The van der Waals surface area contributed by atoms with Crippen molar-refractivity contribution >= 4 is 16.8 Å². The highest BCUT2D eigenvalue weighted by molar-refractivity contribution is 5.85. The van der Waals surface area contributed by atoms with E-state index in [0.717, 1.165) is 16.5 Å². The number of nitrogens with zero attached hydrogens (tertiary/aromatic N) is 2. The van der Waals surface area contributed by atoms with Crippen molar-refractivity contribution in [2.45, 2.75) is 13.0 Å². The van der Waals surface area contributed by atoms with Gasteiger partial charge in [-0.15, -0.1) is 0 Å². The first-order valence-corrected chi connectivity index (χ1v) is 5.94. The summed E-state index contributed by atoms with van der Waals surface area (Å²) in [6.07, 6.45) is 1.98. The maximum atomic E-state index is 11.5. The van der Waals surface area contributed by atoms with Gasteiger partial charge >= 0.3 is 0 Å². The Morgan fingerprint density at radius 1 is 1.44 bits per heavy atom. The van der Waals surface area contributed by atoms with Gasteiger partial charge < -0.3 is 14.6 Å². The van der Waals surface area contributed by atoms with Crippen LogP contribution in [0.4, 0.5) is 0 Å². The summed E-state index contributed by atoms with van der Waals surface area (Å²) in [5.41, 5.74) is 2.08. The fraction of sp³-hybridized carbons (Fsp3) is 0.357. The number of aryl methyl sites for hydroxylation is 1. The van der Waals surface area contributed by atoms with E-state index in [4.69, 9.17) is 0 Å². The lowest BCUT2D eigenvalue weighted by molar-refractivity contribution is -0.130. The summed E-state index contributed by atoms with van der Waals surface area (Å²) in [5.74, 6) is -0.0537. The number of carbonyl (C=O) groups excluding carboxylic acids is 1. The molecule has 0 fully saturated rings. The molecule has 0 aliphatic carbocycles. The normalized spacial score (nSPS) is 12.7. The van der Waals surface area contributed by atoms with E-state index in [1.165, 1.54) is 6.92 Å². The van der Waals surface area contributed by atoms with Crippen LogP contribution in [0.15, 0.2) is 30.5 Å². The largest absolute Gasteiger partial charge is 0.394 e. The number of aliphatic hydroxyl groups is 1. The molecule has 0 saturated carbocycles. The number of likely N-dealkylation sites (N-methyl/N-ethyl adjacent to an activating group) is 1. The third-order valence-corrected chi connectivity index (χ3v) is 3.42. The first kappa shape index (κ1) is 12.6. The Hall–Kier alpha value is -1.81. The van der Waals surface area contributed by atoms with E-state index in [9.17, 15) is 9.90 Å². The Kier molecular flexibility index (Phi) is 3.39. The summed E-state index contributed by atoms with van der Waals surface area (Å²) in [6, 6.07) is 7.69. The molecule has 1 aromatic heterocycles. The van der Waals surface area contributed by atoms with Gasteiger partial charge in [0.2, 0.25) is 5.91 Å². The molecule has 2 aromatic rings. The summed E-state index contributed by atoms with van der Waals surface area (Å²) >= 11 is 0. The molecule has 1 heterocycles. The predicted molar refractivity (Wildman–Crippen MR) is 71.2 cm³/mol. The van der Waals surface area contributed by atoms with Crippen molar-refractivity contribution in [1.82, 2.24) is 9.47 Å². The van der Waals surface area contributed by atoms with Gasteiger partial charge in [0.25, 0.3) is 0 Å². The molecule has 96 valence electrons. The molecule has 1 N–H and O–H groups in total. The molecule has 4 heteroatoms. The molecule has 1 unspecified atom stereocenters. The molecule has 0 aliphatic heterocycles. The van der Waals surface area contributed by atoms with E-state index in [2.05, 4.69) is 0 Å². The zero-order chi connectivity index (χ0) is 13.3. The Balaban J connectivity index is 2.55. The second-order valence-electron chi connectivity index (χ2n) is 4.54. The first-order valence-electron chi connectivity index (χ1n) is 5.94. The van der Waals surface area contributed by atoms with Gasteiger partial charge in [-0.25, -0.2) is 0 Å². The Bertz CT molecular complexity index is 574. The van der Waals surface area contributed by atoms with E-state index in [0.29, 0.717) is 0 Å². The van der Waals surface area contributed by atoms with E-state index in [-0.39, 0.29) is 18.6 Å². The number of amides is 1.